The van der Waals surface area contributed by atoms with Crippen molar-refractivity contribution in [2.75, 3.05) is 5.32 Å². The number of thiazole rings is 1. The molecule has 6 heteroatoms. The van der Waals surface area contributed by atoms with Gasteiger partial charge in [0.2, 0.25) is 5.91 Å². The number of carbonyl (C=O) groups is 1. The fourth-order valence-electron chi connectivity index (χ4n) is 2.34. The Morgan fingerprint density at radius 3 is 2.95 bits per heavy atom. The zero-order chi connectivity index (χ0) is 13.9. The number of benzene rings is 1. The maximum atomic E-state index is 12.2. The first-order valence-electron chi connectivity index (χ1n) is 6.51. The molecule has 1 unspecified atom stereocenters. The lowest BCUT2D eigenvalue weighted by Gasteiger charge is -2.14. The largest absolute Gasteiger partial charge is 0.324 e. The van der Waals surface area contributed by atoms with Crippen LogP contribution in [0.15, 0.2) is 34.4 Å². The van der Waals surface area contributed by atoms with Crippen molar-refractivity contribution in [3.8, 4) is 0 Å². The molecule has 0 radical (unpaired) electrons. The number of amides is 1. The van der Waals surface area contributed by atoms with Crippen LogP contribution in [0.5, 0.6) is 0 Å². The average Bonchev–Trinajstić information content (AvgIpc) is 2.78. The average molecular weight is 289 g/mol. The molecule has 3 N–H and O–H groups in total. The molecule has 0 aliphatic carbocycles. The Morgan fingerprint density at radius 2 is 2.15 bits per heavy atom. The van der Waals surface area contributed by atoms with E-state index in [2.05, 4.69) is 15.6 Å². The molecule has 1 aromatic carbocycles. The molecule has 2 aromatic rings. The molecule has 1 aliphatic rings. The number of aromatic amines is 1. The number of hydrogen-bond acceptors (Lipinski definition) is 4. The van der Waals surface area contributed by atoms with Crippen LogP contribution in [-0.4, -0.2) is 16.9 Å². The number of aryl methyl sites for hydroxylation is 1. The van der Waals surface area contributed by atoms with Gasteiger partial charge in [-0.05, 0) is 24.5 Å². The molecule has 1 amide bonds. The lowest BCUT2D eigenvalue weighted by Crippen LogP contribution is -2.39. The van der Waals surface area contributed by atoms with Crippen LogP contribution in [0.3, 0.4) is 0 Å². The van der Waals surface area contributed by atoms with Crippen LogP contribution in [0.4, 0.5) is 5.69 Å². The highest BCUT2D eigenvalue weighted by Crippen LogP contribution is 2.21. The number of anilines is 1. The van der Waals surface area contributed by atoms with Crippen molar-refractivity contribution < 1.29 is 4.79 Å². The van der Waals surface area contributed by atoms with Crippen LogP contribution in [0, 0.1) is 0 Å². The minimum atomic E-state index is -0.245. The summed E-state index contributed by atoms with van der Waals surface area (Å²) in [5, 5.41) is 7.92. The molecule has 1 aliphatic heterocycles. The van der Waals surface area contributed by atoms with Gasteiger partial charge in [0.25, 0.3) is 0 Å². The SMILES string of the molecule is O=C1Nc2ccccc2CCC1NCc1csc(=O)[nH]1. The lowest BCUT2D eigenvalue weighted by atomic mass is 10.1. The van der Waals surface area contributed by atoms with Crippen molar-refractivity contribution in [3.63, 3.8) is 0 Å². The number of hydrogen-bond donors (Lipinski definition) is 3. The van der Waals surface area contributed by atoms with Crippen LogP contribution in [0.1, 0.15) is 17.7 Å². The highest BCUT2D eigenvalue weighted by Gasteiger charge is 2.22. The van der Waals surface area contributed by atoms with Gasteiger partial charge in [-0.1, -0.05) is 29.5 Å². The van der Waals surface area contributed by atoms with E-state index in [-0.39, 0.29) is 16.8 Å². The number of rotatable bonds is 3. The Balaban J connectivity index is 1.67. The number of nitrogens with one attached hydrogen (secondary N) is 3. The normalized spacial score (nSPS) is 18.2. The second-order valence-corrected chi connectivity index (χ2v) is 5.63. The molecule has 2 heterocycles. The predicted octanol–water partition coefficient (Wildman–Crippen LogP) is 1.48. The van der Waals surface area contributed by atoms with Crippen molar-refractivity contribution in [1.82, 2.24) is 10.3 Å². The summed E-state index contributed by atoms with van der Waals surface area (Å²) in [6.45, 7) is 0.493. The van der Waals surface area contributed by atoms with Gasteiger partial charge < -0.3 is 15.6 Å². The first-order chi connectivity index (χ1) is 9.72. The minimum absolute atomic E-state index is 0.0208. The molecule has 3 rings (SSSR count). The molecule has 0 saturated heterocycles. The molecule has 20 heavy (non-hydrogen) atoms. The highest BCUT2D eigenvalue weighted by atomic mass is 32.1. The molecule has 104 valence electrons. The number of H-pyrrole nitrogens is 1. The number of aromatic nitrogens is 1. The summed E-state index contributed by atoms with van der Waals surface area (Å²) in [5.74, 6) is -0.0208. The summed E-state index contributed by atoms with van der Waals surface area (Å²) in [7, 11) is 0. The van der Waals surface area contributed by atoms with E-state index in [1.54, 1.807) is 5.38 Å². The molecule has 0 fully saturated rings. The third kappa shape index (κ3) is 2.81. The van der Waals surface area contributed by atoms with Crippen LogP contribution in [0.25, 0.3) is 0 Å². The summed E-state index contributed by atoms with van der Waals surface area (Å²) >= 11 is 1.13. The van der Waals surface area contributed by atoms with E-state index in [0.717, 1.165) is 41.1 Å². The highest BCUT2D eigenvalue weighted by molar-refractivity contribution is 7.07. The van der Waals surface area contributed by atoms with E-state index in [9.17, 15) is 9.59 Å². The van der Waals surface area contributed by atoms with Gasteiger partial charge >= 0.3 is 4.87 Å². The van der Waals surface area contributed by atoms with Crippen molar-refractivity contribution in [2.24, 2.45) is 0 Å². The van der Waals surface area contributed by atoms with Gasteiger partial charge in [0.1, 0.15) is 0 Å². The summed E-state index contributed by atoms with van der Waals surface area (Å²) in [6.07, 6.45) is 1.60. The minimum Gasteiger partial charge on any atom is -0.324 e. The van der Waals surface area contributed by atoms with Crippen LogP contribution in [-0.2, 0) is 17.8 Å². The quantitative estimate of drug-likeness (QED) is 0.801. The van der Waals surface area contributed by atoms with Gasteiger partial charge in [0.05, 0.1) is 6.04 Å². The van der Waals surface area contributed by atoms with Crippen molar-refractivity contribution in [2.45, 2.75) is 25.4 Å². The van der Waals surface area contributed by atoms with Crippen molar-refractivity contribution in [3.05, 3.63) is 50.6 Å². The van der Waals surface area contributed by atoms with Crippen molar-refractivity contribution in [1.29, 1.82) is 0 Å². The standard InChI is InChI=1S/C14H15N3O2S/c18-13-12(15-7-10-8-20-14(19)16-10)6-5-9-3-1-2-4-11(9)17-13/h1-4,8,12,15H,5-7H2,(H,16,19)(H,17,18). The topological polar surface area (TPSA) is 74.0 Å². The Kier molecular flexibility index (Phi) is 3.66. The summed E-state index contributed by atoms with van der Waals surface area (Å²) in [6, 6.07) is 7.61. The van der Waals surface area contributed by atoms with Gasteiger partial charge in [-0.25, -0.2) is 0 Å². The zero-order valence-electron chi connectivity index (χ0n) is 10.8. The van der Waals surface area contributed by atoms with E-state index in [4.69, 9.17) is 0 Å². The molecule has 1 atom stereocenters. The molecule has 0 bridgehead atoms. The first-order valence-corrected chi connectivity index (χ1v) is 7.39. The molecule has 0 saturated carbocycles. The van der Waals surface area contributed by atoms with Gasteiger partial charge in [-0.15, -0.1) is 0 Å². The molecular formula is C14H15N3O2S. The fourth-order valence-corrected chi connectivity index (χ4v) is 2.92. The Bertz CT molecular complexity index is 677. The Labute approximate surface area is 120 Å². The monoisotopic (exact) mass is 289 g/mol. The molecular weight excluding hydrogens is 274 g/mol. The predicted molar refractivity (Wildman–Crippen MR) is 79.0 cm³/mol. The van der Waals surface area contributed by atoms with E-state index in [0.29, 0.717) is 6.54 Å². The van der Waals surface area contributed by atoms with Crippen LogP contribution >= 0.6 is 11.3 Å². The van der Waals surface area contributed by atoms with Gasteiger partial charge in [-0.3, -0.25) is 9.59 Å². The maximum Gasteiger partial charge on any atom is 0.304 e. The summed E-state index contributed by atoms with van der Waals surface area (Å²) in [4.78, 5) is 25.9. The molecule has 1 aromatic heterocycles. The number of para-hydroxylation sites is 1. The molecule has 5 nitrogen and oxygen atoms in total. The van der Waals surface area contributed by atoms with E-state index >= 15 is 0 Å². The Hall–Kier alpha value is -1.92. The number of carbonyl (C=O) groups excluding carboxylic acids is 1. The lowest BCUT2D eigenvalue weighted by molar-refractivity contribution is -0.118. The van der Waals surface area contributed by atoms with Gasteiger partial charge in [-0.2, -0.15) is 0 Å². The Morgan fingerprint density at radius 1 is 1.30 bits per heavy atom. The van der Waals surface area contributed by atoms with Crippen LogP contribution in [0.2, 0.25) is 0 Å². The van der Waals surface area contributed by atoms with Gasteiger partial charge in [0.15, 0.2) is 0 Å². The summed E-state index contributed by atoms with van der Waals surface area (Å²) in [5.41, 5.74) is 2.87. The van der Waals surface area contributed by atoms with Crippen LogP contribution < -0.4 is 15.5 Å². The third-order valence-electron chi connectivity index (χ3n) is 3.40. The number of fused-ring (bicyclic) bond motifs is 1. The second-order valence-electron chi connectivity index (χ2n) is 4.79. The first kappa shape index (κ1) is 13.1. The van der Waals surface area contributed by atoms with E-state index < -0.39 is 0 Å². The van der Waals surface area contributed by atoms with Crippen molar-refractivity contribution >= 4 is 22.9 Å². The smallest absolute Gasteiger partial charge is 0.304 e. The van der Waals surface area contributed by atoms with E-state index in [1.807, 2.05) is 24.3 Å². The fraction of sp³-hybridized carbons (Fsp3) is 0.286. The zero-order valence-corrected chi connectivity index (χ0v) is 11.6. The third-order valence-corrected chi connectivity index (χ3v) is 4.12. The molecule has 0 spiro atoms. The van der Waals surface area contributed by atoms with Gasteiger partial charge in [0, 0.05) is 23.3 Å². The second kappa shape index (κ2) is 5.60. The summed E-state index contributed by atoms with van der Waals surface area (Å²) < 4.78 is 0. The maximum absolute atomic E-state index is 12.2. The van der Waals surface area contributed by atoms with E-state index in [1.165, 1.54) is 0 Å².